The van der Waals surface area contributed by atoms with E-state index >= 15 is 0 Å². The second-order valence-electron chi connectivity index (χ2n) is 6.06. The lowest BCUT2D eigenvalue weighted by Gasteiger charge is -2.34. The first-order chi connectivity index (χ1) is 12.7. The number of furan rings is 1. The Hall–Kier alpha value is -2.67. The van der Waals surface area contributed by atoms with Crippen LogP contribution in [0.4, 0.5) is 0 Å². The van der Waals surface area contributed by atoms with Crippen LogP contribution in [0.2, 0.25) is 0 Å². The average Bonchev–Trinajstić information content (AvgIpc) is 3.19. The molecule has 1 aliphatic rings. The topological polar surface area (TPSA) is 64.4 Å². The van der Waals surface area contributed by atoms with Crippen molar-refractivity contribution >= 4 is 5.91 Å². The van der Waals surface area contributed by atoms with Crippen LogP contribution < -0.4 is 14.2 Å². The van der Waals surface area contributed by atoms with Crippen LogP contribution in [-0.2, 0) is 6.54 Å². The van der Waals surface area contributed by atoms with Crippen LogP contribution in [0.25, 0.3) is 0 Å². The van der Waals surface area contributed by atoms with E-state index in [9.17, 15) is 4.79 Å². The molecule has 0 atom stereocenters. The molecule has 26 heavy (non-hydrogen) atoms. The molecule has 0 saturated carbocycles. The number of methoxy groups -OCH3 is 3. The highest BCUT2D eigenvalue weighted by Gasteiger charge is 2.25. The van der Waals surface area contributed by atoms with E-state index in [0.717, 1.165) is 25.4 Å². The summed E-state index contributed by atoms with van der Waals surface area (Å²) in [5.41, 5.74) is 0.527. The molecule has 1 aromatic carbocycles. The molecule has 3 rings (SSSR count). The van der Waals surface area contributed by atoms with Crippen LogP contribution in [0.3, 0.4) is 0 Å². The SMILES string of the molecule is COc1cc(C(=O)N2CCN(Cc3ccco3)CC2)cc(OC)c1OC. The van der Waals surface area contributed by atoms with Crippen molar-refractivity contribution in [1.29, 1.82) is 0 Å². The number of ether oxygens (including phenoxy) is 3. The highest BCUT2D eigenvalue weighted by molar-refractivity contribution is 5.95. The first-order valence-corrected chi connectivity index (χ1v) is 8.50. The Balaban J connectivity index is 1.68. The average molecular weight is 360 g/mol. The van der Waals surface area contributed by atoms with Gasteiger partial charge in [-0.05, 0) is 24.3 Å². The predicted molar refractivity (Wildman–Crippen MR) is 96.0 cm³/mol. The highest BCUT2D eigenvalue weighted by atomic mass is 16.5. The van der Waals surface area contributed by atoms with E-state index < -0.39 is 0 Å². The molecule has 2 heterocycles. The number of piperazine rings is 1. The van der Waals surface area contributed by atoms with Crippen molar-refractivity contribution in [2.45, 2.75) is 6.54 Å². The van der Waals surface area contributed by atoms with Gasteiger partial charge in [0.05, 0.1) is 34.1 Å². The van der Waals surface area contributed by atoms with Gasteiger partial charge in [-0.2, -0.15) is 0 Å². The summed E-state index contributed by atoms with van der Waals surface area (Å²) in [7, 11) is 4.62. The number of hydrogen-bond donors (Lipinski definition) is 0. The van der Waals surface area contributed by atoms with E-state index in [4.69, 9.17) is 18.6 Å². The van der Waals surface area contributed by atoms with Gasteiger partial charge in [-0.25, -0.2) is 0 Å². The molecular weight excluding hydrogens is 336 g/mol. The van der Waals surface area contributed by atoms with Gasteiger partial charge in [-0.15, -0.1) is 0 Å². The molecule has 0 unspecified atom stereocenters. The maximum Gasteiger partial charge on any atom is 0.254 e. The molecule has 1 amide bonds. The fourth-order valence-electron chi connectivity index (χ4n) is 3.12. The van der Waals surface area contributed by atoms with Gasteiger partial charge < -0.3 is 23.5 Å². The van der Waals surface area contributed by atoms with Crippen molar-refractivity contribution in [2.75, 3.05) is 47.5 Å². The summed E-state index contributed by atoms with van der Waals surface area (Å²) >= 11 is 0. The summed E-state index contributed by atoms with van der Waals surface area (Å²) in [6.07, 6.45) is 1.68. The number of amides is 1. The number of hydrogen-bond acceptors (Lipinski definition) is 6. The smallest absolute Gasteiger partial charge is 0.254 e. The van der Waals surface area contributed by atoms with Crippen LogP contribution in [0.5, 0.6) is 17.2 Å². The minimum absolute atomic E-state index is 0.0399. The van der Waals surface area contributed by atoms with Crippen LogP contribution in [-0.4, -0.2) is 63.2 Å². The molecule has 1 aromatic heterocycles. The Morgan fingerprint density at radius 3 is 2.19 bits per heavy atom. The fourth-order valence-corrected chi connectivity index (χ4v) is 3.12. The molecule has 0 radical (unpaired) electrons. The first kappa shape index (κ1) is 18.1. The van der Waals surface area contributed by atoms with Crippen LogP contribution in [0.15, 0.2) is 34.9 Å². The van der Waals surface area contributed by atoms with Crippen molar-refractivity contribution in [2.24, 2.45) is 0 Å². The normalized spacial score (nSPS) is 15.0. The van der Waals surface area contributed by atoms with E-state index in [0.29, 0.717) is 35.9 Å². The van der Waals surface area contributed by atoms with Crippen molar-refractivity contribution in [1.82, 2.24) is 9.80 Å². The largest absolute Gasteiger partial charge is 0.493 e. The first-order valence-electron chi connectivity index (χ1n) is 8.50. The third-order valence-corrected chi connectivity index (χ3v) is 4.53. The van der Waals surface area contributed by atoms with Gasteiger partial charge in [0, 0.05) is 31.7 Å². The van der Waals surface area contributed by atoms with Crippen molar-refractivity contribution in [3.8, 4) is 17.2 Å². The highest BCUT2D eigenvalue weighted by Crippen LogP contribution is 2.38. The van der Waals surface area contributed by atoms with Gasteiger partial charge in [0.2, 0.25) is 5.75 Å². The molecule has 7 heteroatoms. The van der Waals surface area contributed by atoms with Gasteiger partial charge in [-0.3, -0.25) is 9.69 Å². The zero-order chi connectivity index (χ0) is 18.5. The number of rotatable bonds is 6. The lowest BCUT2D eigenvalue weighted by Crippen LogP contribution is -2.48. The molecule has 1 aliphatic heterocycles. The van der Waals surface area contributed by atoms with Gasteiger partial charge in [-0.1, -0.05) is 0 Å². The summed E-state index contributed by atoms with van der Waals surface area (Å²) in [5.74, 6) is 2.34. The Bertz CT molecular complexity index is 711. The maximum absolute atomic E-state index is 12.9. The standard InChI is InChI=1S/C19H24N2O5/c1-23-16-11-14(12-17(24-2)18(16)25-3)19(22)21-8-6-20(7-9-21)13-15-5-4-10-26-15/h4-5,10-12H,6-9,13H2,1-3H3. The molecule has 0 aliphatic carbocycles. The molecule has 1 fully saturated rings. The molecule has 7 nitrogen and oxygen atoms in total. The minimum atomic E-state index is -0.0399. The zero-order valence-electron chi connectivity index (χ0n) is 15.4. The van der Waals surface area contributed by atoms with E-state index in [1.807, 2.05) is 17.0 Å². The summed E-state index contributed by atoms with van der Waals surface area (Å²) in [5, 5.41) is 0. The number of carbonyl (C=O) groups excluding carboxylic acids is 1. The molecule has 0 bridgehead atoms. The number of carbonyl (C=O) groups is 1. The number of benzene rings is 1. The Kier molecular flexibility index (Phi) is 5.68. The fraction of sp³-hybridized carbons (Fsp3) is 0.421. The minimum Gasteiger partial charge on any atom is -0.493 e. The molecule has 0 N–H and O–H groups in total. The molecule has 1 saturated heterocycles. The predicted octanol–water partition coefficient (Wildman–Crippen LogP) is 2.26. The summed E-state index contributed by atoms with van der Waals surface area (Å²) in [6, 6.07) is 7.24. The van der Waals surface area contributed by atoms with E-state index in [-0.39, 0.29) is 5.91 Å². The Labute approximate surface area is 153 Å². The molecule has 2 aromatic rings. The van der Waals surface area contributed by atoms with Crippen LogP contribution in [0.1, 0.15) is 16.1 Å². The summed E-state index contributed by atoms with van der Waals surface area (Å²) < 4.78 is 21.4. The van der Waals surface area contributed by atoms with Crippen LogP contribution >= 0.6 is 0 Å². The molecular formula is C19H24N2O5. The van der Waals surface area contributed by atoms with E-state index in [2.05, 4.69) is 4.90 Å². The lowest BCUT2D eigenvalue weighted by molar-refractivity contribution is 0.0619. The summed E-state index contributed by atoms with van der Waals surface area (Å²) in [6.45, 7) is 3.69. The lowest BCUT2D eigenvalue weighted by atomic mass is 10.1. The third kappa shape index (κ3) is 3.77. The maximum atomic E-state index is 12.9. The Morgan fingerprint density at radius 1 is 1.04 bits per heavy atom. The third-order valence-electron chi connectivity index (χ3n) is 4.53. The van der Waals surface area contributed by atoms with Gasteiger partial charge in [0.25, 0.3) is 5.91 Å². The van der Waals surface area contributed by atoms with E-state index in [1.165, 1.54) is 0 Å². The van der Waals surface area contributed by atoms with Crippen molar-refractivity contribution < 1.29 is 23.4 Å². The van der Waals surface area contributed by atoms with Gasteiger partial charge in [0.15, 0.2) is 11.5 Å². The molecule has 0 spiro atoms. The van der Waals surface area contributed by atoms with Gasteiger partial charge in [0.1, 0.15) is 5.76 Å². The molecule has 140 valence electrons. The van der Waals surface area contributed by atoms with Gasteiger partial charge >= 0.3 is 0 Å². The van der Waals surface area contributed by atoms with E-state index in [1.54, 1.807) is 39.7 Å². The zero-order valence-corrected chi connectivity index (χ0v) is 15.4. The number of nitrogens with zero attached hydrogens (tertiary/aromatic N) is 2. The van der Waals surface area contributed by atoms with Crippen LogP contribution in [0, 0.1) is 0 Å². The van der Waals surface area contributed by atoms with Crippen molar-refractivity contribution in [3.05, 3.63) is 41.9 Å². The second-order valence-corrected chi connectivity index (χ2v) is 6.06. The van der Waals surface area contributed by atoms with Crippen molar-refractivity contribution in [3.63, 3.8) is 0 Å². The second kappa shape index (κ2) is 8.14. The Morgan fingerprint density at radius 2 is 1.69 bits per heavy atom. The quantitative estimate of drug-likeness (QED) is 0.787. The summed E-state index contributed by atoms with van der Waals surface area (Å²) in [4.78, 5) is 17.0. The monoisotopic (exact) mass is 360 g/mol.